The fraction of sp³-hybridized carbons (Fsp3) is 0.625. The summed E-state index contributed by atoms with van der Waals surface area (Å²) in [7, 11) is 1.54. The van der Waals surface area contributed by atoms with Gasteiger partial charge in [-0.2, -0.15) is 0 Å². The Labute approximate surface area is 62.3 Å². The van der Waals surface area contributed by atoms with Gasteiger partial charge in [0.2, 0.25) is 0 Å². The van der Waals surface area contributed by atoms with Gasteiger partial charge in [0.15, 0.2) is 0 Å². The molecule has 0 heterocycles. The van der Waals surface area contributed by atoms with Crippen LogP contribution in [0.15, 0.2) is 5.16 Å². The molecular formula is C8H13NO. The molecule has 0 fully saturated rings. The van der Waals surface area contributed by atoms with Gasteiger partial charge in [-0.15, -0.1) is 11.8 Å². The summed E-state index contributed by atoms with van der Waals surface area (Å²) in [6.07, 6.45) is 4.41. The SMILES string of the molecule is CCC#CCCC=NOC. The summed E-state index contributed by atoms with van der Waals surface area (Å²) in [4.78, 5) is 4.47. The van der Waals surface area contributed by atoms with Crippen LogP contribution in [0.4, 0.5) is 0 Å². The molecule has 0 unspecified atom stereocenters. The number of rotatable bonds is 3. The average Bonchev–Trinajstić information content (AvgIpc) is 1.97. The van der Waals surface area contributed by atoms with E-state index in [0.29, 0.717) is 0 Å². The van der Waals surface area contributed by atoms with Crippen molar-refractivity contribution >= 4 is 6.21 Å². The van der Waals surface area contributed by atoms with Crippen molar-refractivity contribution < 1.29 is 4.84 Å². The number of hydrogen-bond donors (Lipinski definition) is 0. The fourth-order valence-corrected chi connectivity index (χ4v) is 0.477. The Morgan fingerprint density at radius 3 is 2.90 bits per heavy atom. The molecule has 0 saturated carbocycles. The lowest BCUT2D eigenvalue weighted by Crippen LogP contribution is -1.75. The minimum atomic E-state index is 0.876. The van der Waals surface area contributed by atoms with Crippen molar-refractivity contribution in [3.63, 3.8) is 0 Å². The normalized spacial score (nSPS) is 9.00. The van der Waals surface area contributed by atoms with E-state index in [1.807, 2.05) is 6.92 Å². The Morgan fingerprint density at radius 2 is 2.30 bits per heavy atom. The van der Waals surface area contributed by atoms with E-state index in [9.17, 15) is 0 Å². The van der Waals surface area contributed by atoms with Gasteiger partial charge in [0, 0.05) is 19.1 Å². The van der Waals surface area contributed by atoms with E-state index in [1.54, 1.807) is 6.21 Å². The van der Waals surface area contributed by atoms with Crippen molar-refractivity contribution in [3.05, 3.63) is 0 Å². The first kappa shape index (κ1) is 9.03. The predicted octanol–water partition coefficient (Wildman–Crippen LogP) is 1.81. The van der Waals surface area contributed by atoms with E-state index in [4.69, 9.17) is 0 Å². The van der Waals surface area contributed by atoms with Crippen LogP contribution in [-0.4, -0.2) is 13.3 Å². The zero-order valence-electron chi connectivity index (χ0n) is 6.55. The minimum Gasteiger partial charge on any atom is -0.399 e. The summed E-state index contributed by atoms with van der Waals surface area (Å²) in [5, 5.41) is 3.58. The van der Waals surface area contributed by atoms with Gasteiger partial charge >= 0.3 is 0 Å². The molecule has 56 valence electrons. The van der Waals surface area contributed by atoms with Crippen LogP contribution in [0, 0.1) is 11.8 Å². The van der Waals surface area contributed by atoms with E-state index in [1.165, 1.54) is 7.11 Å². The highest BCUT2D eigenvalue weighted by atomic mass is 16.6. The second-order valence-corrected chi connectivity index (χ2v) is 1.72. The van der Waals surface area contributed by atoms with Crippen molar-refractivity contribution in [1.82, 2.24) is 0 Å². The molecule has 0 aliphatic rings. The standard InChI is InChI=1S/C8H13NO/c1-3-4-5-6-7-8-9-10-2/h8H,3,6-7H2,1-2H3. The predicted molar refractivity (Wildman–Crippen MR) is 42.8 cm³/mol. The van der Waals surface area contributed by atoms with Crippen LogP contribution >= 0.6 is 0 Å². The highest BCUT2D eigenvalue weighted by Crippen LogP contribution is 1.82. The van der Waals surface area contributed by atoms with Gasteiger partial charge in [-0.1, -0.05) is 12.1 Å². The van der Waals surface area contributed by atoms with Crippen molar-refractivity contribution in [1.29, 1.82) is 0 Å². The van der Waals surface area contributed by atoms with Crippen molar-refractivity contribution in [2.24, 2.45) is 5.16 Å². The molecule has 0 aromatic heterocycles. The Morgan fingerprint density at radius 1 is 1.50 bits per heavy atom. The molecule has 0 N–H and O–H groups in total. The van der Waals surface area contributed by atoms with Crippen molar-refractivity contribution in [3.8, 4) is 11.8 Å². The summed E-state index contributed by atoms with van der Waals surface area (Å²) in [5.41, 5.74) is 0. The van der Waals surface area contributed by atoms with Crippen LogP contribution in [-0.2, 0) is 4.84 Å². The Bertz CT molecular complexity index is 141. The quantitative estimate of drug-likeness (QED) is 0.253. The van der Waals surface area contributed by atoms with Gasteiger partial charge in [-0.3, -0.25) is 0 Å². The summed E-state index contributed by atoms with van der Waals surface area (Å²) in [6, 6.07) is 0. The molecule has 0 atom stereocenters. The lowest BCUT2D eigenvalue weighted by molar-refractivity contribution is 0.214. The molecule has 10 heavy (non-hydrogen) atoms. The molecule has 0 amide bonds. The summed E-state index contributed by atoms with van der Waals surface area (Å²) < 4.78 is 0. The van der Waals surface area contributed by atoms with Crippen LogP contribution in [0.5, 0.6) is 0 Å². The second-order valence-electron chi connectivity index (χ2n) is 1.72. The summed E-state index contributed by atoms with van der Waals surface area (Å²) in [5.74, 6) is 5.97. The summed E-state index contributed by atoms with van der Waals surface area (Å²) >= 11 is 0. The van der Waals surface area contributed by atoms with Gasteiger partial charge in [-0.05, 0) is 6.42 Å². The van der Waals surface area contributed by atoms with E-state index < -0.39 is 0 Å². The Hall–Kier alpha value is -0.970. The zero-order chi connectivity index (χ0) is 7.66. The van der Waals surface area contributed by atoms with Gasteiger partial charge in [-0.25, -0.2) is 0 Å². The van der Waals surface area contributed by atoms with Crippen LogP contribution in [0.2, 0.25) is 0 Å². The average molecular weight is 139 g/mol. The first-order valence-electron chi connectivity index (χ1n) is 3.42. The molecule has 0 aliphatic carbocycles. The fourth-order valence-electron chi connectivity index (χ4n) is 0.477. The monoisotopic (exact) mass is 139 g/mol. The molecule has 0 aliphatic heterocycles. The van der Waals surface area contributed by atoms with E-state index >= 15 is 0 Å². The molecule has 0 spiro atoms. The first-order valence-corrected chi connectivity index (χ1v) is 3.42. The highest BCUT2D eigenvalue weighted by Gasteiger charge is 1.74. The number of nitrogens with zero attached hydrogens (tertiary/aromatic N) is 1. The maximum atomic E-state index is 4.47. The van der Waals surface area contributed by atoms with Crippen molar-refractivity contribution in [2.45, 2.75) is 26.2 Å². The minimum absolute atomic E-state index is 0.876. The number of unbranched alkanes of at least 4 members (excludes halogenated alkanes) is 1. The molecule has 0 bridgehead atoms. The third-order valence-corrected chi connectivity index (χ3v) is 0.880. The molecule has 0 aromatic carbocycles. The summed E-state index contributed by atoms with van der Waals surface area (Å²) in [6.45, 7) is 2.04. The van der Waals surface area contributed by atoms with Crippen molar-refractivity contribution in [2.75, 3.05) is 7.11 Å². The molecule has 2 heteroatoms. The van der Waals surface area contributed by atoms with Gasteiger partial charge in [0.1, 0.15) is 7.11 Å². The second kappa shape index (κ2) is 8.03. The van der Waals surface area contributed by atoms with Crippen LogP contribution in [0.25, 0.3) is 0 Å². The van der Waals surface area contributed by atoms with Gasteiger partial charge in [0.25, 0.3) is 0 Å². The Kier molecular flexibility index (Phi) is 7.25. The molecule has 2 nitrogen and oxygen atoms in total. The number of hydrogen-bond acceptors (Lipinski definition) is 2. The van der Waals surface area contributed by atoms with E-state index in [-0.39, 0.29) is 0 Å². The molecular weight excluding hydrogens is 126 g/mol. The zero-order valence-corrected chi connectivity index (χ0v) is 6.55. The molecule has 0 radical (unpaired) electrons. The van der Waals surface area contributed by atoms with E-state index in [0.717, 1.165) is 19.3 Å². The lowest BCUT2D eigenvalue weighted by atomic mass is 10.3. The van der Waals surface area contributed by atoms with E-state index in [2.05, 4.69) is 21.8 Å². The number of oxime groups is 1. The van der Waals surface area contributed by atoms with Crippen LogP contribution < -0.4 is 0 Å². The smallest absolute Gasteiger partial charge is 0.106 e. The highest BCUT2D eigenvalue weighted by molar-refractivity contribution is 5.56. The Balaban J connectivity index is 3.12. The van der Waals surface area contributed by atoms with Crippen LogP contribution in [0.1, 0.15) is 26.2 Å². The molecule has 0 rings (SSSR count). The van der Waals surface area contributed by atoms with Gasteiger partial charge in [0.05, 0.1) is 0 Å². The first-order chi connectivity index (χ1) is 4.91. The topological polar surface area (TPSA) is 21.6 Å². The van der Waals surface area contributed by atoms with Crippen LogP contribution in [0.3, 0.4) is 0 Å². The third-order valence-electron chi connectivity index (χ3n) is 0.880. The van der Waals surface area contributed by atoms with Gasteiger partial charge < -0.3 is 4.84 Å². The lowest BCUT2D eigenvalue weighted by Gasteiger charge is -1.83. The molecule has 0 saturated heterocycles. The molecule has 0 aromatic rings. The third kappa shape index (κ3) is 7.03. The maximum absolute atomic E-state index is 4.47. The largest absolute Gasteiger partial charge is 0.399 e. The maximum Gasteiger partial charge on any atom is 0.106 e.